The van der Waals surface area contributed by atoms with Crippen LogP contribution in [0.1, 0.15) is 50.2 Å². The van der Waals surface area contributed by atoms with Crippen LogP contribution in [0.4, 0.5) is 0 Å². The van der Waals surface area contributed by atoms with Gasteiger partial charge in [0.05, 0.1) is 0 Å². The second-order valence-corrected chi connectivity index (χ2v) is 5.19. The molecule has 1 nitrogen and oxygen atoms in total. The van der Waals surface area contributed by atoms with Gasteiger partial charge in [0.1, 0.15) is 0 Å². The summed E-state index contributed by atoms with van der Waals surface area (Å²) >= 11 is 0. The van der Waals surface area contributed by atoms with Gasteiger partial charge in [0, 0.05) is 6.04 Å². The van der Waals surface area contributed by atoms with E-state index in [1.165, 1.54) is 17.5 Å². The van der Waals surface area contributed by atoms with Crippen molar-refractivity contribution in [1.82, 2.24) is 0 Å². The van der Waals surface area contributed by atoms with Crippen LogP contribution in [0.15, 0.2) is 24.3 Å². The Labute approximate surface area is 92.7 Å². The van der Waals surface area contributed by atoms with Crippen LogP contribution in [0.25, 0.3) is 0 Å². The number of hydrogen-bond donors (Lipinski definition) is 1. The summed E-state index contributed by atoms with van der Waals surface area (Å²) in [6.45, 7) is 6.58. The Morgan fingerprint density at radius 2 is 1.73 bits per heavy atom. The van der Waals surface area contributed by atoms with Crippen molar-refractivity contribution in [3.63, 3.8) is 0 Å². The summed E-state index contributed by atoms with van der Waals surface area (Å²) in [5, 5.41) is 0. The van der Waals surface area contributed by atoms with Gasteiger partial charge in [-0.25, -0.2) is 0 Å². The summed E-state index contributed by atoms with van der Waals surface area (Å²) in [7, 11) is 0. The lowest BCUT2D eigenvalue weighted by Crippen LogP contribution is -2.17. The molecule has 0 aromatic heterocycles. The number of benzene rings is 1. The molecule has 0 spiro atoms. The Balaban J connectivity index is 2.06. The Morgan fingerprint density at radius 3 is 2.13 bits per heavy atom. The fourth-order valence-electron chi connectivity index (χ4n) is 2.31. The molecule has 15 heavy (non-hydrogen) atoms. The molecule has 1 saturated carbocycles. The molecule has 0 aliphatic heterocycles. The zero-order valence-corrected chi connectivity index (χ0v) is 9.90. The monoisotopic (exact) mass is 203 g/mol. The molecule has 1 aliphatic carbocycles. The van der Waals surface area contributed by atoms with Crippen LogP contribution in [0, 0.1) is 5.92 Å². The van der Waals surface area contributed by atoms with Crippen molar-refractivity contribution in [3.8, 4) is 0 Å². The van der Waals surface area contributed by atoms with Crippen molar-refractivity contribution in [2.75, 3.05) is 0 Å². The van der Waals surface area contributed by atoms with Crippen LogP contribution >= 0.6 is 0 Å². The normalized spacial score (nSPS) is 26.7. The van der Waals surface area contributed by atoms with E-state index in [2.05, 4.69) is 45.0 Å². The lowest BCUT2D eigenvalue weighted by Gasteiger charge is -2.07. The fraction of sp³-hybridized carbons (Fsp3) is 0.571. The minimum Gasteiger partial charge on any atom is -0.328 e. The first-order valence-electron chi connectivity index (χ1n) is 5.95. The summed E-state index contributed by atoms with van der Waals surface area (Å²) in [6, 6.07) is 9.43. The Hall–Kier alpha value is -0.820. The molecule has 0 bridgehead atoms. The molecule has 3 unspecified atom stereocenters. The number of hydrogen-bond acceptors (Lipinski definition) is 1. The van der Waals surface area contributed by atoms with Gasteiger partial charge in [-0.15, -0.1) is 0 Å². The van der Waals surface area contributed by atoms with Gasteiger partial charge in [0.15, 0.2) is 0 Å². The van der Waals surface area contributed by atoms with E-state index in [1.807, 2.05) is 0 Å². The van der Waals surface area contributed by atoms with Crippen molar-refractivity contribution in [2.24, 2.45) is 11.7 Å². The number of rotatable bonds is 3. The third-order valence-corrected chi connectivity index (χ3v) is 3.55. The minimum atomic E-state index is 0.347. The molecule has 2 N–H and O–H groups in total. The molecule has 1 heteroatoms. The van der Waals surface area contributed by atoms with Gasteiger partial charge in [-0.3, -0.25) is 0 Å². The Kier molecular flexibility index (Phi) is 2.83. The van der Waals surface area contributed by atoms with Crippen LogP contribution in [0.2, 0.25) is 0 Å². The zero-order valence-electron chi connectivity index (χ0n) is 9.90. The lowest BCUT2D eigenvalue weighted by atomic mass is 9.99. The van der Waals surface area contributed by atoms with Gasteiger partial charge in [0.2, 0.25) is 0 Å². The summed E-state index contributed by atoms with van der Waals surface area (Å²) < 4.78 is 0. The predicted octanol–water partition coefficient (Wildman–Crippen LogP) is 3.26. The highest BCUT2D eigenvalue weighted by atomic mass is 14.7. The lowest BCUT2D eigenvalue weighted by molar-refractivity contribution is 0.631. The van der Waals surface area contributed by atoms with E-state index in [1.54, 1.807) is 0 Å². The van der Waals surface area contributed by atoms with E-state index < -0.39 is 0 Å². The van der Waals surface area contributed by atoms with E-state index in [4.69, 9.17) is 5.73 Å². The fourth-order valence-corrected chi connectivity index (χ4v) is 2.31. The molecule has 82 valence electrons. The maximum Gasteiger partial charge on any atom is 0.00448 e. The van der Waals surface area contributed by atoms with Crippen molar-refractivity contribution in [2.45, 2.75) is 45.1 Å². The highest BCUT2D eigenvalue weighted by Crippen LogP contribution is 2.48. The van der Waals surface area contributed by atoms with E-state index in [-0.39, 0.29) is 0 Å². The molecule has 1 fully saturated rings. The maximum absolute atomic E-state index is 5.90. The van der Waals surface area contributed by atoms with Gasteiger partial charge < -0.3 is 5.73 Å². The number of nitrogens with two attached hydrogens (primary N) is 1. The largest absolute Gasteiger partial charge is 0.328 e. The molecule has 1 aromatic carbocycles. The third-order valence-electron chi connectivity index (χ3n) is 3.55. The van der Waals surface area contributed by atoms with E-state index in [0.29, 0.717) is 12.0 Å². The molecular formula is C14H21N. The molecule has 0 radical (unpaired) electrons. The molecule has 1 aliphatic rings. The molecule has 0 heterocycles. The summed E-state index contributed by atoms with van der Waals surface area (Å²) in [5.41, 5.74) is 8.80. The van der Waals surface area contributed by atoms with E-state index in [9.17, 15) is 0 Å². The third kappa shape index (κ3) is 2.23. The predicted molar refractivity (Wildman–Crippen MR) is 65.0 cm³/mol. The van der Waals surface area contributed by atoms with Crippen LogP contribution in [-0.2, 0) is 0 Å². The standard InChI is InChI=1S/C14H21N/c1-9(2)11-4-6-12(7-5-11)14-8-13(14)10(3)15/h4-7,9-10,13-14H,8,15H2,1-3H3. The Morgan fingerprint density at radius 1 is 1.13 bits per heavy atom. The van der Waals surface area contributed by atoms with Crippen LogP contribution in [-0.4, -0.2) is 6.04 Å². The zero-order chi connectivity index (χ0) is 11.0. The molecule has 3 atom stereocenters. The van der Waals surface area contributed by atoms with E-state index in [0.717, 1.165) is 11.8 Å². The minimum absolute atomic E-state index is 0.347. The second kappa shape index (κ2) is 3.97. The van der Waals surface area contributed by atoms with Gasteiger partial charge in [-0.2, -0.15) is 0 Å². The van der Waals surface area contributed by atoms with E-state index >= 15 is 0 Å². The van der Waals surface area contributed by atoms with Crippen molar-refractivity contribution in [3.05, 3.63) is 35.4 Å². The summed E-state index contributed by atoms with van der Waals surface area (Å²) in [6.07, 6.45) is 1.28. The average Bonchev–Trinajstić information content (AvgIpc) is 2.97. The molecule has 2 rings (SSSR count). The highest BCUT2D eigenvalue weighted by Gasteiger charge is 2.40. The average molecular weight is 203 g/mol. The summed E-state index contributed by atoms with van der Waals surface area (Å²) in [5.74, 6) is 2.07. The first-order valence-corrected chi connectivity index (χ1v) is 5.95. The van der Waals surface area contributed by atoms with Crippen molar-refractivity contribution in [1.29, 1.82) is 0 Å². The van der Waals surface area contributed by atoms with Crippen LogP contribution in [0.5, 0.6) is 0 Å². The maximum atomic E-state index is 5.90. The van der Waals surface area contributed by atoms with Gasteiger partial charge in [-0.05, 0) is 42.2 Å². The van der Waals surface area contributed by atoms with Gasteiger partial charge in [-0.1, -0.05) is 38.1 Å². The first-order chi connectivity index (χ1) is 7.09. The molecule has 0 amide bonds. The van der Waals surface area contributed by atoms with Gasteiger partial charge >= 0.3 is 0 Å². The molecular weight excluding hydrogens is 182 g/mol. The molecule has 1 aromatic rings. The van der Waals surface area contributed by atoms with Crippen molar-refractivity contribution < 1.29 is 0 Å². The Bertz CT molecular complexity index is 324. The molecule has 0 saturated heterocycles. The second-order valence-electron chi connectivity index (χ2n) is 5.19. The van der Waals surface area contributed by atoms with Crippen LogP contribution < -0.4 is 5.73 Å². The first kappa shape index (κ1) is 10.7. The van der Waals surface area contributed by atoms with Crippen molar-refractivity contribution >= 4 is 0 Å². The topological polar surface area (TPSA) is 26.0 Å². The van der Waals surface area contributed by atoms with Crippen LogP contribution in [0.3, 0.4) is 0 Å². The van der Waals surface area contributed by atoms with Gasteiger partial charge in [0.25, 0.3) is 0 Å². The highest BCUT2D eigenvalue weighted by molar-refractivity contribution is 5.31. The SMILES string of the molecule is CC(C)c1ccc(C2CC2C(C)N)cc1. The summed E-state index contributed by atoms with van der Waals surface area (Å²) in [4.78, 5) is 0. The smallest absolute Gasteiger partial charge is 0.00448 e. The quantitative estimate of drug-likeness (QED) is 0.801.